The molecule has 0 spiro atoms. The summed E-state index contributed by atoms with van der Waals surface area (Å²) in [4.78, 5) is 2.93. The van der Waals surface area contributed by atoms with Gasteiger partial charge in [0.1, 0.15) is 5.56 Å². The molecule has 0 aliphatic rings. The molecule has 0 N–H and O–H groups in total. The fraction of sp³-hybridized carbons (Fsp3) is 0.250. The standard InChI is InChI=1S/C8H4F4N2/c9-7-6(8(10,11)12)3-5(1-2-13)4-14-7/h3-4H,1H2. The van der Waals surface area contributed by atoms with Crippen molar-refractivity contribution in [1.82, 2.24) is 4.98 Å². The molecular weight excluding hydrogens is 200 g/mol. The summed E-state index contributed by atoms with van der Waals surface area (Å²) < 4.78 is 48.9. The van der Waals surface area contributed by atoms with E-state index in [9.17, 15) is 17.6 Å². The molecule has 1 aromatic heterocycles. The van der Waals surface area contributed by atoms with Crippen LogP contribution >= 0.6 is 0 Å². The predicted molar refractivity (Wildman–Crippen MR) is 38.5 cm³/mol. The summed E-state index contributed by atoms with van der Waals surface area (Å²) in [5.41, 5.74) is -1.40. The van der Waals surface area contributed by atoms with Gasteiger partial charge in [-0.25, -0.2) is 4.98 Å². The summed E-state index contributed by atoms with van der Waals surface area (Å²) >= 11 is 0. The highest BCUT2D eigenvalue weighted by molar-refractivity contribution is 5.23. The zero-order valence-corrected chi connectivity index (χ0v) is 6.77. The van der Waals surface area contributed by atoms with Crippen molar-refractivity contribution in [3.05, 3.63) is 29.3 Å². The number of halogens is 4. The van der Waals surface area contributed by atoms with E-state index in [4.69, 9.17) is 5.26 Å². The molecule has 74 valence electrons. The van der Waals surface area contributed by atoms with Gasteiger partial charge in [0.25, 0.3) is 0 Å². The van der Waals surface area contributed by atoms with E-state index in [0.29, 0.717) is 6.07 Å². The lowest BCUT2D eigenvalue weighted by Gasteiger charge is -2.07. The van der Waals surface area contributed by atoms with Crippen LogP contribution in [0.1, 0.15) is 11.1 Å². The molecule has 0 saturated carbocycles. The number of hydrogen-bond donors (Lipinski definition) is 0. The second-order valence-corrected chi connectivity index (χ2v) is 2.51. The summed E-state index contributed by atoms with van der Waals surface area (Å²) in [7, 11) is 0. The third kappa shape index (κ3) is 2.19. The third-order valence-corrected chi connectivity index (χ3v) is 1.48. The van der Waals surface area contributed by atoms with Crippen LogP contribution in [0.25, 0.3) is 0 Å². The van der Waals surface area contributed by atoms with Crippen LogP contribution in [-0.4, -0.2) is 4.98 Å². The zero-order valence-electron chi connectivity index (χ0n) is 6.77. The summed E-state index contributed by atoms with van der Waals surface area (Å²) in [6.07, 6.45) is -4.09. The molecule has 0 atom stereocenters. The van der Waals surface area contributed by atoms with Gasteiger partial charge in [-0.05, 0) is 11.6 Å². The van der Waals surface area contributed by atoms with Gasteiger partial charge < -0.3 is 0 Å². The number of hydrogen-bond acceptors (Lipinski definition) is 2. The third-order valence-electron chi connectivity index (χ3n) is 1.48. The Balaban J connectivity index is 3.17. The quantitative estimate of drug-likeness (QED) is 0.519. The predicted octanol–water partition coefficient (Wildman–Crippen LogP) is 2.31. The maximum absolute atomic E-state index is 12.6. The molecule has 0 fully saturated rings. The van der Waals surface area contributed by atoms with Crippen molar-refractivity contribution in [3.63, 3.8) is 0 Å². The number of pyridine rings is 1. The molecule has 1 heterocycles. The van der Waals surface area contributed by atoms with Crippen molar-refractivity contribution in [1.29, 1.82) is 5.26 Å². The van der Waals surface area contributed by atoms with Crippen molar-refractivity contribution in [2.45, 2.75) is 12.6 Å². The van der Waals surface area contributed by atoms with E-state index < -0.39 is 17.7 Å². The van der Waals surface area contributed by atoms with Gasteiger partial charge in [0, 0.05) is 6.20 Å². The van der Waals surface area contributed by atoms with E-state index in [-0.39, 0.29) is 12.0 Å². The van der Waals surface area contributed by atoms with Crippen LogP contribution in [0.3, 0.4) is 0 Å². The lowest BCUT2D eigenvalue weighted by molar-refractivity contribution is -0.140. The smallest absolute Gasteiger partial charge is 0.227 e. The molecule has 0 aliphatic heterocycles. The molecule has 0 aliphatic carbocycles. The fourth-order valence-electron chi connectivity index (χ4n) is 0.878. The maximum atomic E-state index is 12.6. The summed E-state index contributed by atoms with van der Waals surface area (Å²) in [6, 6.07) is 2.24. The number of nitrogens with zero attached hydrogens (tertiary/aromatic N) is 2. The molecule has 14 heavy (non-hydrogen) atoms. The Morgan fingerprint density at radius 3 is 2.57 bits per heavy atom. The highest BCUT2D eigenvalue weighted by atomic mass is 19.4. The Bertz CT molecular complexity index is 378. The molecule has 0 unspecified atom stereocenters. The fourth-order valence-corrected chi connectivity index (χ4v) is 0.878. The van der Waals surface area contributed by atoms with E-state index >= 15 is 0 Å². The normalized spacial score (nSPS) is 11.1. The highest BCUT2D eigenvalue weighted by Gasteiger charge is 2.35. The Kier molecular flexibility index (Phi) is 2.70. The van der Waals surface area contributed by atoms with E-state index in [0.717, 1.165) is 6.20 Å². The van der Waals surface area contributed by atoms with Crippen LogP contribution in [0.5, 0.6) is 0 Å². The van der Waals surface area contributed by atoms with Crippen LogP contribution in [0, 0.1) is 17.3 Å². The van der Waals surface area contributed by atoms with Crippen molar-refractivity contribution in [3.8, 4) is 6.07 Å². The van der Waals surface area contributed by atoms with E-state index in [1.807, 2.05) is 0 Å². The van der Waals surface area contributed by atoms with Gasteiger partial charge >= 0.3 is 6.18 Å². The SMILES string of the molecule is N#CCc1cnc(F)c(C(F)(F)F)c1. The first-order chi connectivity index (χ1) is 6.45. The molecule has 6 heteroatoms. The van der Waals surface area contributed by atoms with E-state index in [1.54, 1.807) is 6.07 Å². The minimum Gasteiger partial charge on any atom is -0.227 e. The largest absolute Gasteiger partial charge is 0.420 e. The minimum absolute atomic E-state index is 0.0428. The molecular formula is C8H4F4N2. The van der Waals surface area contributed by atoms with Crippen LogP contribution in [-0.2, 0) is 12.6 Å². The highest BCUT2D eigenvalue weighted by Crippen LogP contribution is 2.30. The lowest BCUT2D eigenvalue weighted by Crippen LogP contribution is -2.10. The molecule has 1 rings (SSSR count). The first-order valence-corrected chi connectivity index (χ1v) is 3.53. The summed E-state index contributed by atoms with van der Waals surface area (Å²) in [5.74, 6) is -1.57. The molecule has 2 nitrogen and oxygen atoms in total. The van der Waals surface area contributed by atoms with Crippen LogP contribution in [0.4, 0.5) is 17.6 Å². The second kappa shape index (κ2) is 3.62. The van der Waals surface area contributed by atoms with Gasteiger partial charge in [-0.15, -0.1) is 0 Å². The van der Waals surface area contributed by atoms with Crippen molar-refractivity contribution in [2.75, 3.05) is 0 Å². The first kappa shape index (κ1) is 10.4. The van der Waals surface area contributed by atoms with Crippen LogP contribution in [0.15, 0.2) is 12.3 Å². The van der Waals surface area contributed by atoms with E-state index in [2.05, 4.69) is 4.98 Å². The zero-order chi connectivity index (χ0) is 10.8. The first-order valence-electron chi connectivity index (χ1n) is 3.53. The Hall–Kier alpha value is -1.64. The van der Waals surface area contributed by atoms with Gasteiger partial charge in [0.15, 0.2) is 0 Å². The Morgan fingerprint density at radius 1 is 1.43 bits per heavy atom. The summed E-state index contributed by atoms with van der Waals surface area (Å²) in [6.45, 7) is 0. The second-order valence-electron chi connectivity index (χ2n) is 2.51. The Labute approximate surface area is 76.8 Å². The maximum Gasteiger partial charge on any atom is 0.420 e. The molecule has 0 amide bonds. The van der Waals surface area contributed by atoms with Gasteiger partial charge in [0.05, 0.1) is 12.5 Å². The van der Waals surface area contributed by atoms with Gasteiger partial charge in [-0.1, -0.05) is 0 Å². The molecule has 0 aromatic carbocycles. The number of rotatable bonds is 1. The van der Waals surface area contributed by atoms with Crippen molar-refractivity contribution in [2.24, 2.45) is 0 Å². The van der Waals surface area contributed by atoms with Crippen LogP contribution in [0.2, 0.25) is 0 Å². The van der Waals surface area contributed by atoms with E-state index in [1.165, 1.54) is 0 Å². The average molecular weight is 204 g/mol. The Morgan fingerprint density at radius 2 is 2.07 bits per heavy atom. The van der Waals surface area contributed by atoms with Crippen molar-refractivity contribution < 1.29 is 17.6 Å². The molecule has 1 aromatic rings. The van der Waals surface area contributed by atoms with Gasteiger partial charge in [-0.2, -0.15) is 22.8 Å². The van der Waals surface area contributed by atoms with Crippen molar-refractivity contribution >= 4 is 0 Å². The van der Waals surface area contributed by atoms with Crippen LogP contribution < -0.4 is 0 Å². The van der Waals surface area contributed by atoms with Gasteiger partial charge in [0.2, 0.25) is 5.95 Å². The lowest BCUT2D eigenvalue weighted by atomic mass is 10.1. The minimum atomic E-state index is -4.78. The topological polar surface area (TPSA) is 36.7 Å². The molecule has 0 radical (unpaired) electrons. The van der Waals surface area contributed by atoms with Gasteiger partial charge in [-0.3, -0.25) is 0 Å². The monoisotopic (exact) mass is 204 g/mol. The molecule has 0 saturated heterocycles. The number of alkyl halides is 3. The number of nitriles is 1. The summed E-state index contributed by atoms with van der Waals surface area (Å²) in [5, 5.41) is 8.23. The number of aromatic nitrogens is 1. The molecule has 0 bridgehead atoms. The average Bonchev–Trinajstić information content (AvgIpc) is 2.07.